The lowest BCUT2D eigenvalue weighted by Gasteiger charge is -2.32. The number of carbonyl (C=O) groups excluding carboxylic acids is 2. The highest BCUT2D eigenvalue weighted by Gasteiger charge is 2.28. The second-order valence-electron chi connectivity index (χ2n) is 8.06. The van der Waals surface area contributed by atoms with Gasteiger partial charge in [0.25, 0.3) is 0 Å². The molecule has 1 aliphatic heterocycles. The van der Waals surface area contributed by atoms with Crippen molar-refractivity contribution in [3.8, 4) is 0 Å². The Bertz CT molecular complexity index is 863. The van der Waals surface area contributed by atoms with Crippen molar-refractivity contribution >= 4 is 17.6 Å². The molecular weight excluding hydrogens is 380 g/mol. The van der Waals surface area contributed by atoms with Gasteiger partial charge in [0.05, 0.1) is 5.92 Å². The quantitative estimate of drug-likeness (QED) is 0.649. The summed E-state index contributed by atoms with van der Waals surface area (Å²) in [6.45, 7) is 6.90. The van der Waals surface area contributed by atoms with Gasteiger partial charge in [-0.15, -0.1) is 0 Å². The van der Waals surface area contributed by atoms with Gasteiger partial charge in [-0.2, -0.15) is 0 Å². The number of nitrogens with two attached hydrogens (primary N) is 1. The SMILES string of the molecule is CC(C)c1nccn1Cc1cccc(NC(=O)N2CCCC(C(=O)NCCN)C2)c1. The lowest BCUT2D eigenvalue weighted by Crippen LogP contribution is -2.47. The number of carbonyl (C=O) groups is 2. The van der Waals surface area contributed by atoms with Crippen LogP contribution in [0.15, 0.2) is 36.7 Å². The average Bonchev–Trinajstić information content (AvgIpc) is 3.20. The van der Waals surface area contributed by atoms with E-state index in [9.17, 15) is 9.59 Å². The van der Waals surface area contributed by atoms with Gasteiger partial charge in [-0.3, -0.25) is 4.79 Å². The molecule has 8 nitrogen and oxygen atoms in total. The summed E-state index contributed by atoms with van der Waals surface area (Å²) >= 11 is 0. The van der Waals surface area contributed by atoms with Crippen molar-refractivity contribution in [1.29, 1.82) is 0 Å². The number of aromatic nitrogens is 2. The summed E-state index contributed by atoms with van der Waals surface area (Å²) in [5, 5.41) is 5.80. The first kappa shape index (κ1) is 21.8. The second-order valence-corrected chi connectivity index (χ2v) is 8.06. The Hall–Kier alpha value is -2.87. The van der Waals surface area contributed by atoms with E-state index in [4.69, 9.17) is 5.73 Å². The molecule has 8 heteroatoms. The summed E-state index contributed by atoms with van der Waals surface area (Å²) in [4.78, 5) is 31.1. The van der Waals surface area contributed by atoms with Crippen LogP contribution in [0.3, 0.4) is 0 Å². The molecule has 0 bridgehead atoms. The molecule has 0 aliphatic carbocycles. The van der Waals surface area contributed by atoms with Gasteiger partial charge in [0.1, 0.15) is 5.82 Å². The van der Waals surface area contributed by atoms with Crippen molar-refractivity contribution in [3.05, 3.63) is 48.0 Å². The van der Waals surface area contributed by atoms with E-state index in [0.717, 1.165) is 29.9 Å². The van der Waals surface area contributed by atoms with Crippen molar-refractivity contribution < 1.29 is 9.59 Å². The summed E-state index contributed by atoms with van der Waals surface area (Å²) in [5.41, 5.74) is 7.29. The molecule has 0 radical (unpaired) electrons. The molecule has 1 aromatic carbocycles. The molecule has 1 atom stereocenters. The van der Waals surface area contributed by atoms with Crippen LogP contribution in [0.25, 0.3) is 0 Å². The number of piperidine rings is 1. The van der Waals surface area contributed by atoms with Crippen LogP contribution in [0.1, 0.15) is 44.0 Å². The Morgan fingerprint density at radius 2 is 2.17 bits per heavy atom. The van der Waals surface area contributed by atoms with Gasteiger partial charge in [0, 0.05) is 56.7 Å². The zero-order chi connectivity index (χ0) is 21.5. The highest BCUT2D eigenvalue weighted by atomic mass is 16.2. The minimum atomic E-state index is -0.182. The Balaban J connectivity index is 1.60. The summed E-state index contributed by atoms with van der Waals surface area (Å²) in [5.74, 6) is 1.17. The third-order valence-corrected chi connectivity index (χ3v) is 5.32. The van der Waals surface area contributed by atoms with Crippen molar-refractivity contribution in [1.82, 2.24) is 19.8 Å². The third kappa shape index (κ3) is 5.60. The maximum atomic E-state index is 12.8. The molecule has 1 aromatic heterocycles. The molecule has 3 amide bonds. The van der Waals surface area contributed by atoms with Gasteiger partial charge in [-0.05, 0) is 30.5 Å². The number of nitrogens with zero attached hydrogens (tertiary/aromatic N) is 3. The highest BCUT2D eigenvalue weighted by Crippen LogP contribution is 2.20. The summed E-state index contributed by atoms with van der Waals surface area (Å²) in [6, 6.07) is 7.68. The van der Waals surface area contributed by atoms with Crippen LogP contribution in [0, 0.1) is 5.92 Å². The number of imidazole rings is 1. The summed E-state index contributed by atoms with van der Waals surface area (Å²) in [6.07, 6.45) is 5.40. The molecule has 1 unspecified atom stereocenters. The lowest BCUT2D eigenvalue weighted by molar-refractivity contribution is -0.126. The molecule has 0 saturated carbocycles. The van der Waals surface area contributed by atoms with Crippen LogP contribution in [-0.2, 0) is 11.3 Å². The van der Waals surface area contributed by atoms with Gasteiger partial charge < -0.3 is 25.8 Å². The molecule has 4 N–H and O–H groups in total. The smallest absolute Gasteiger partial charge is 0.321 e. The molecule has 1 saturated heterocycles. The van der Waals surface area contributed by atoms with E-state index in [-0.39, 0.29) is 17.9 Å². The first-order valence-corrected chi connectivity index (χ1v) is 10.6. The molecule has 1 fully saturated rings. The number of rotatable bonds is 7. The van der Waals surface area contributed by atoms with E-state index >= 15 is 0 Å². The maximum absolute atomic E-state index is 12.8. The van der Waals surface area contributed by atoms with Crippen LogP contribution >= 0.6 is 0 Å². The Labute approximate surface area is 177 Å². The molecule has 162 valence electrons. The zero-order valence-electron chi connectivity index (χ0n) is 17.8. The average molecular weight is 413 g/mol. The fourth-order valence-corrected chi connectivity index (χ4v) is 3.82. The van der Waals surface area contributed by atoms with Crippen molar-refractivity contribution in [2.24, 2.45) is 11.7 Å². The number of benzene rings is 1. The first-order chi connectivity index (χ1) is 14.5. The Morgan fingerprint density at radius 3 is 2.93 bits per heavy atom. The number of anilines is 1. The van der Waals surface area contributed by atoms with Crippen LogP contribution < -0.4 is 16.4 Å². The number of urea groups is 1. The molecule has 3 rings (SSSR count). The van der Waals surface area contributed by atoms with Crippen molar-refractivity contribution in [2.75, 3.05) is 31.5 Å². The van der Waals surface area contributed by atoms with E-state index in [1.807, 2.05) is 36.7 Å². The third-order valence-electron chi connectivity index (χ3n) is 5.32. The monoisotopic (exact) mass is 412 g/mol. The van der Waals surface area contributed by atoms with Crippen molar-refractivity contribution in [2.45, 2.75) is 39.2 Å². The molecule has 30 heavy (non-hydrogen) atoms. The summed E-state index contributed by atoms with van der Waals surface area (Å²) < 4.78 is 2.13. The summed E-state index contributed by atoms with van der Waals surface area (Å²) in [7, 11) is 0. The number of amides is 3. The minimum Gasteiger partial charge on any atom is -0.355 e. The number of hydrogen-bond donors (Lipinski definition) is 3. The van der Waals surface area contributed by atoms with Gasteiger partial charge in [0.15, 0.2) is 0 Å². The fourth-order valence-electron chi connectivity index (χ4n) is 3.82. The maximum Gasteiger partial charge on any atom is 0.321 e. The van der Waals surface area contributed by atoms with E-state index in [1.165, 1.54) is 0 Å². The topological polar surface area (TPSA) is 105 Å². The predicted molar refractivity (Wildman–Crippen MR) is 117 cm³/mol. The predicted octanol–water partition coefficient (Wildman–Crippen LogP) is 2.37. The van der Waals surface area contributed by atoms with Gasteiger partial charge in [-0.1, -0.05) is 26.0 Å². The van der Waals surface area contributed by atoms with Crippen LogP contribution in [0.5, 0.6) is 0 Å². The molecular formula is C22H32N6O2. The minimum absolute atomic E-state index is 0.0266. The van der Waals surface area contributed by atoms with Gasteiger partial charge in [-0.25, -0.2) is 9.78 Å². The largest absolute Gasteiger partial charge is 0.355 e. The normalized spacial score (nSPS) is 16.5. The highest BCUT2D eigenvalue weighted by molar-refractivity contribution is 5.90. The first-order valence-electron chi connectivity index (χ1n) is 10.6. The fraction of sp³-hybridized carbons (Fsp3) is 0.500. The van der Waals surface area contributed by atoms with Crippen molar-refractivity contribution in [3.63, 3.8) is 0 Å². The van der Waals surface area contributed by atoms with Gasteiger partial charge in [0.2, 0.25) is 5.91 Å². The number of hydrogen-bond acceptors (Lipinski definition) is 4. The van der Waals surface area contributed by atoms with E-state index in [1.54, 1.807) is 4.90 Å². The standard InChI is InChI=1S/C22H32N6O2/c1-16(2)20-24-10-12-27(20)14-17-5-3-7-19(13-17)26-22(30)28-11-4-6-18(15-28)21(29)25-9-8-23/h3,5,7,10,12-13,16,18H,4,6,8-9,11,14-15,23H2,1-2H3,(H,25,29)(H,26,30). The van der Waals surface area contributed by atoms with E-state index < -0.39 is 0 Å². The Morgan fingerprint density at radius 1 is 1.33 bits per heavy atom. The zero-order valence-corrected chi connectivity index (χ0v) is 17.8. The number of nitrogens with one attached hydrogen (secondary N) is 2. The lowest BCUT2D eigenvalue weighted by atomic mass is 9.97. The van der Waals surface area contributed by atoms with Crippen LogP contribution in [0.2, 0.25) is 0 Å². The Kier molecular flexibility index (Phi) is 7.46. The second kappa shape index (κ2) is 10.2. The molecule has 1 aliphatic rings. The van der Waals surface area contributed by atoms with E-state index in [2.05, 4.69) is 34.0 Å². The molecule has 0 spiro atoms. The molecule has 2 heterocycles. The van der Waals surface area contributed by atoms with Gasteiger partial charge >= 0.3 is 6.03 Å². The number of likely N-dealkylation sites (tertiary alicyclic amines) is 1. The van der Waals surface area contributed by atoms with E-state index in [0.29, 0.717) is 38.6 Å². The van der Waals surface area contributed by atoms with Crippen LogP contribution in [0.4, 0.5) is 10.5 Å². The molecule has 2 aromatic rings. The van der Waals surface area contributed by atoms with Crippen LogP contribution in [-0.4, -0.2) is 52.6 Å².